The second-order valence-corrected chi connectivity index (χ2v) is 9.59. The average molecular weight is 549 g/mol. The molecule has 0 saturated heterocycles. The third-order valence-electron chi connectivity index (χ3n) is 5.23. The molecule has 0 unspecified atom stereocenters. The predicted molar refractivity (Wildman–Crippen MR) is 144 cm³/mol. The fourth-order valence-electron chi connectivity index (χ4n) is 3.42. The van der Waals surface area contributed by atoms with Crippen LogP contribution >= 0.6 is 15.9 Å². The lowest BCUT2D eigenvalue weighted by Gasteiger charge is -2.20. The molecule has 2 N–H and O–H groups in total. The van der Waals surface area contributed by atoms with Crippen molar-refractivity contribution in [2.75, 3.05) is 0 Å². The number of esters is 1. The summed E-state index contributed by atoms with van der Waals surface area (Å²) < 4.78 is 6.37. The number of carbonyl (C=O) groups excluding carboxylic acids is 3. The van der Waals surface area contributed by atoms with Crippen molar-refractivity contribution >= 4 is 39.8 Å². The van der Waals surface area contributed by atoms with E-state index >= 15 is 0 Å². The van der Waals surface area contributed by atoms with Crippen molar-refractivity contribution in [2.45, 2.75) is 32.9 Å². The molecule has 3 aromatic carbocycles. The Balaban J connectivity index is 1.80. The Morgan fingerprint density at radius 1 is 0.889 bits per heavy atom. The van der Waals surface area contributed by atoms with Crippen molar-refractivity contribution in [1.29, 1.82) is 0 Å². The molecule has 2 amide bonds. The van der Waals surface area contributed by atoms with Gasteiger partial charge in [-0.2, -0.15) is 0 Å². The standard InChI is InChI=1S/C29H29BrN2O4/c1-20(2)17-26(29(35)36-19-22-9-5-3-6-10-22)32-28(34)25(18-21-13-15-24(30)16-14-21)31-27(33)23-11-7-4-8-12-23/h3-16,18,20,26H,17,19H2,1-2H3,(H,31,33)(H,32,34)/b25-18+/t26-/m0/s1. The summed E-state index contributed by atoms with van der Waals surface area (Å²) in [5.41, 5.74) is 2.00. The molecule has 186 valence electrons. The highest BCUT2D eigenvalue weighted by Gasteiger charge is 2.26. The van der Waals surface area contributed by atoms with Crippen molar-refractivity contribution in [1.82, 2.24) is 10.6 Å². The molecule has 1 atom stereocenters. The maximum atomic E-state index is 13.3. The maximum Gasteiger partial charge on any atom is 0.328 e. The highest BCUT2D eigenvalue weighted by Crippen LogP contribution is 2.14. The molecule has 0 spiro atoms. The molecule has 6 nitrogen and oxygen atoms in total. The molecule has 0 fully saturated rings. The molecule has 3 aromatic rings. The molecule has 0 saturated carbocycles. The number of nitrogens with one attached hydrogen (secondary N) is 2. The van der Waals surface area contributed by atoms with Crippen LogP contribution in [0.5, 0.6) is 0 Å². The molecule has 0 heterocycles. The molecule has 0 radical (unpaired) electrons. The molecule has 0 aliphatic carbocycles. The smallest absolute Gasteiger partial charge is 0.328 e. The summed E-state index contributed by atoms with van der Waals surface area (Å²) >= 11 is 3.39. The van der Waals surface area contributed by atoms with Gasteiger partial charge in [0.2, 0.25) is 0 Å². The highest BCUT2D eigenvalue weighted by atomic mass is 79.9. The SMILES string of the molecule is CC(C)C[C@H](NC(=O)/C(=C\c1ccc(Br)cc1)NC(=O)c1ccccc1)C(=O)OCc1ccccc1. The van der Waals surface area contributed by atoms with E-state index in [0.717, 1.165) is 10.0 Å². The topological polar surface area (TPSA) is 84.5 Å². The number of halogens is 1. The molecule has 7 heteroatoms. The van der Waals surface area contributed by atoms with Crippen LogP contribution in [0.4, 0.5) is 0 Å². The summed E-state index contributed by atoms with van der Waals surface area (Å²) in [6.07, 6.45) is 1.96. The lowest BCUT2D eigenvalue weighted by atomic mass is 10.0. The van der Waals surface area contributed by atoms with E-state index in [9.17, 15) is 14.4 Å². The molecule has 0 aromatic heterocycles. The Morgan fingerprint density at radius 2 is 1.50 bits per heavy atom. The van der Waals surface area contributed by atoms with Crippen LogP contribution in [-0.4, -0.2) is 23.8 Å². The van der Waals surface area contributed by atoms with E-state index < -0.39 is 23.8 Å². The van der Waals surface area contributed by atoms with Crippen LogP contribution in [0.15, 0.2) is 95.1 Å². The second-order valence-electron chi connectivity index (χ2n) is 8.68. The highest BCUT2D eigenvalue weighted by molar-refractivity contribution is 9.10. The van der Waals surface area contributed by atoms with Gasteiger partial charge in [-0.1, -0.05) is 90.4 Å². The van der Waals surface area contributed by atoms with E-state index in [-0.39, 0.29) is 18.2 Å². The minimum absolute atomic E-state index is 0.0239. The van der Waals surface area contributed by atoms with Crippen LogP contribution in [0.2, 0.25) is 0 Å². The van der Waals surface area contributed by atoms with Crippen LogP contribution in [0.25, 0.3) is 6.08 Å². The van der Waals surface area contributed by atoms with Gasteiger partial charge in [-0.15, -0.1) is 0 Å². The van der Waals surface area contributed by atoms with E-state index in [1.54, 1.807) is 36.4 Å². The van der Waals surface area contributed by atoms with Gasteiger partial charge in [0.25, 0.3) is 11.8 Å². The quantitative estimate of drug-likeness (QED) is 0.259. The third-order valence-corrected chi connectivity index (χ3v) is 5.76. The molecule has 0 aliphatic heterocycles. The number of benzene rings is 3. The van der Waals surface area contributed by atoms with Gasteiger partial charge in [0, 0.05) is 10.0 Å². The van der Waals surface area contributed by atoms with E-state index in [0.29, 0.717) is 17.5 Å². The predicted octanol–water partition coefficient (Wildman–Crippen LogP) is 5.49. The van der Waals surface area contributed by atoms with Crippen LogP contribution in [0, 0.1) is 5.92 Å². The Morgan fingerprint density at radius 3 is 2.11 bits per heavy atom. The van der Waals surface area contributed by atoms with Gasteiger partial charge in [-0.05, 0) is 53.8 Å². The van der Waals surface area contributed by atoms with Gasteiger partial charge in [0.1, 0.15) is 18.3 Å². The molecular formula is C29H29BrN2O4. The van der Waals surface area contributed by atoms with Gasteiger partial charge in [-0.3, -0.25) is 9.59 Å². The molecule has 0 bridgehead atoms. The fraction of sp³-hybridized carbons (Fsp3) is 0.207. The first kappa shape index (κ1) is 26.9. The van der Waals surface area contributed by atoms with Gasteiger partial charge in [-0.25, -0.2) is 4.79 Å². The Bertz CT molecular complexity index is 1190. The van der Waals surface area contributed by atoms with Crippen LogP contribution in [0.3, 0.4) is 0 Å². The van der Waals surface area contributed by atoms with Gasteiger partial charge < -0.3 is 15.4 Å². The summed E-state index contributed by atoms with van der Waals surface area (Å²) in [4.78, 5) is 39.1. The lowest BCUT2D eigenvalue weighted by molar-refractivity contribution is -0.149. The van der Waals surface area contributed by atoms with Crippen molar-refractivity contribution in [3.63, 3.8) is 0 Å². The number of rotatable bonds is 10. The lowest BCUT2D eigenvalue weighted by Crippen LogP contribution is -2.45. The zero-order chi connectivity index (χ0) is 25.9. The summed E-state index contributed by atoms with van der Waals surface area (Å²) in [5, 5.41) is 5.47. The van der Waals surface area contributed by atoms with E-state index in [4.69, 9.17) is 4.74 Å². The molecular weight excluding hydrogens is 520 g/mol. The first-order valence-corrected chi connectivity index (χ1v) is 12.5. The van der Waals surface area contributed by atoms with Crippen molar-refractivity contribution in [3.8, 4) is 0 Å². The maximum absolute atomic E-state index is 13.3. The van der Waals surface area contributed by atoms with E-state index in [1.165, 1.54) is 0 Å². The van der Waals surface area contributed by atoms with Crippen molar-refractivity contribution < 1.29 is 19.1 Å². The molecule has 0 aliphatic rings. The van der Waals surface area contributed by atoms with Gasteiger partial charge in [0.05, 0.1) is 0 Å². The molecule has 3 rings (SSSR count). The number of amides is 2. The van der Waals surface area contributed by atoms with Gasteiger partial charge in [0.15, 0.2) is 0 Å². The monoisotopic (exact) mass is 548 g/mol. The van der Waals surface area contributed by atoms with E-state index in [1.807, 2.05) is 68.4 Å². The Labute approximate surface area is 219 Å². The first-order chi connectivity index (χ1) is 17.3. The summed E-state index contributed by atoms with van der Waals surface area (Å²) in [6, 6.07) is 24.4. The third kappa shape index (κ3) is 8.50. The Hall–Kier alpha value is -3.71. The van der Waals surface area contributed by atoms with Crippen LogP contribution < -0.4 is 10.6 Å². The summed E-state index contributed by atoms with van der Waals surface area (Å²) in [5.74, 6) is -1.42. The summed E-state index contributed by atoms with van der Waals surface area (Å²) in [7, 11) is 0. The average Bonchev–Trinajstić information content (AvgIpc) is 2.88. The second kappa shape index (κ2) is 13.4. The van der Waals surface area contributed by atoms with Crippen LogP contribution in [-0.2, 0) is 20.9 Å². The number of hydrogen-bond donors (Lipinski definition) is 2. The number of ether oxygens (including phenoxy) is 1. The zero-order valence-corrected chi connectivity index (χ0v) is 21.8. The van der Waals surface area contributed by atoms with Crippen LogP contribution in [0.1, 0.15) is 41.8 Å². The number of carbonyl (C=O) groups is 3. The minimum Gasteiger partial charge on any atom is -0.459 e. The van der Waals surface area contributed by atoms with E-state index in [2.05, 4.69) is 26.6 Å². The van der Waals surface area contributed by atoms with Crippen molar-refractivity contribution in [3.05, 3.63) is 112 Å². The Kier molecular flexibility index (Phi) is 10.0. The normalized spacial score (nSPS) is 12.1. The first-order valence-electron chi connectivity index (χ1n) is 11.7. The fourth-order valence-corrected chi connectivity index (χ4v) is 3.68. The molecule has 36 heavy (non-hydrogen) atoms. The van der Waals surface area contributed by atoms with Gasteiger partial charge >= 0.3 is 5.97 Å². The number of hydrogen-bond acceptors (Lipinski definition) is 4. The zero-order valence-electron chi connectivity index (χ0n) is 20.2. The largest absolute Gasteiger partial charge is 0.459 e. The summed E-state index contributed by atoms with van der Waals surface area (Å²) in [6.45, 7) is 4.02. The van der Waals surface area contributed by atoms with Crippen molar-refractivity contribution in [2.24, 2.45) is 5.92 Å². The minimum atomic E-state index is -0.872.